The fourth-order valence-electron chi connectivity index (χ4n) is 3.02. The van der Waals surface area contributed by atoms with E-state index in [0.29, 0.717) is 17.3 Å². The van der Waals surface area contributed by atoms with Crippen LogP contribution in [0.15, 0.2) is 42.5 Å². The van der Waals surface area contributed by atoms with E-state index in [1.165, 1.54) is 29.2 Å². The van der Waals surface area contributed by atoms with Gasteiger partial charge in [-0.3, -0.25) is 14.3 Å². The molecule has 0 radical (unpaired) electrons. The van der Waals surface area contributed by atoms with E-state index >= 15 is 0 Å². The Morgan fingerprint density at radius 3 is 1.97 bits per heavy atom. The van der Waals surface area contributed by atoms with E-state index in [4.69, 9.17) is 0 Å². The second-order valence-corrected chi connectivity index (χ2v) is 8.41. The highest BCUT2D eigenvalue weighted by Crippen LogP contribution is 2.17. The summed E-state index contributed by atoms with van der Waals surface area (Å²) < 4.78 is 51.6. The Balaban J connectivity index is 1.61. The van der Waals surface area contributed by atoms with Gasteiger partial charge < -0.3 is 9.80 Å². The lowest BCUT2D eigenvalue weighted by atomic mass is 10.1. The van der Waals surface area contributed by atoms with Gasteiger partial charge in [0, 0.05) is 43.5 Å². The van der Waals surface area contributed by atoms with Crippen molar-refractivity contribution in [3.8, 4) is 0 Å². The minimum atomic E-state index is -3.40. The highest BCUT2D eigenvalue weighted by Gasteiger charge is 2.27. The minimum absolute atomic E-state index is 0.208. The Hall–Kier alpha value is -3.01. The number of halogens is 2. The molecule has 2 amide bonds. The monoisotopic (exact) mass is 423 g/mol. The zero-order chi connectivity index (χ0) is 21.2. The smallest absolute Gasteiger partial charge is 0.256 e. The highest BCUT2D eigenvalue weighted by molar-refractivity contribution is 7.92. The lowest BCUT2D eigenvalue weighted by molar-refractivity contribution is 0.0532. The highest BCUT2D eigenvalue weighted by atomic mass is 32.2. The number of piperazine rings is 1. The van der Waals surface area contributed by atoms with Crippen molar-refractivity contribution in [1.82, 2.24) is 9.80 Å². The zero-order valence-corrected chi connectivity index (χ0v) is 16.4. The second kappa shape index (κ2) is 8.16. The average Bonchev–Trinajstić information content (AvgIpc) is 2.66. The predicted octanol–water partition coefficient (Wildman–Crippen LogP) is 1.93. The molecule has 0 unspecified atom stereocenters. The Bertz CT molecular complexity index is 1030. The van der Waals surface area contributed by atoms with Crippen molar-refractivity contribution in [2.45, 2.75) is 0 Å². The van der Waals surface area contributed by atoms with Gasteiger partial charge in [-0.05, 0) is 36.4 Å². The van der Waals surface area contributed by atoms with Crippen molar-refractivity contribution in [3.05, 3.63) is 65.2 Å². The second-order valence-electron chi connectivity index (χ2n) is 6.66. The van der Waals surface area contributed by atoms with Gasteiger partial charge in [-0.1, -0.05) is 0 Å². The molecule has 1 N–H and O–H groups in total. The van der Waals surface area contributed by atoms with Crippen molar-refractivity contribution in [2.75, 3.05) is 37.2 Å². The Kier molecular flexibility index (Phi) is 5.83. The minimum Gasteiger partial charge on any atom is -0.335 e. The van der Waals surface area contributed by atoms with E-state index in [0.717, 1.165) is 18.4 Å². The summed E-state index contributed by atoms with van der Waals surface area (Å²) in [5.41, 5.74) is 0.523. The summed E-state index contributed by atoms with van der Waals surface area (Å²) in [7, 11) is -3.40. The van der Waals surface area contributed by atoms with Crippen LogP contribution in [0.5, 0.6) is 0 Å². The maximum Gasteiger partial charge on any atom is 0.256 e. The van der Waals surface area contributed by atoms with Crippen molar-refractivity contribution >= 4 is 27.5 Å². The van der Waals surface area contributed by atoms with Gasteiger partial charge in [0.1, 0.15) is 11.6 Å². The fourth-order valence-corrected chi connectivity index (χ4v) is 3.59. The third kappa shape index (κ3) is 5.08. The van der Waals surface area contributed by atoms with Gasteiger partial charge in [0.05, 0.1) is 11.8 Å². The molecule has 0 atom stereocenters. The molecule has 0 saturated carbocycles. The van der Waals surface area contributed by atoms with Crippen molar-refractivity contribution in [3.63, 3.8) is 0 Å². The van der Waals surface area contributed by atoms with Gasteiger partial charge >= 0.3 is 0 Å². The molecule has 2 aromatic rings. The summed E-state index contributed by atoms with van der Waals surface area (Å²) in [4.78, 5) is 28.0. The maximum atomic E-state index is 13.8. The van der Waals surface area contributed by atoms with E-state index in [-0.39, 0.29) is 37.6 Å². The Labute approximate surface area is 167 Å². The van der Waals surface area contributed by atoms with Crippen LogP contribution in [0.2, 0.25) is 0 Å². The molecule has 0 aromatic heterocycles. The molecule has 1 aliphatic heterocycles. The Morgan fingerprint density at radius 1 is 0.897 bits per heavy atom. The maximum absolute atomic E-state index is 13.8. The molecule has 2 aromatic carbocycles. The SMILES string of the molecule is CS(=O)(=O)Nc1ccc(C(=O)N2CCN(C(=O)c3ccc(F)cc3F)CC2)cc1. The molecule has 0 aliphatic carbocycles. The lowest BCUT2D eigenvalue weighted by Crippen LogP contribution is -2.50. The molecule has 1 saturated heterocycles. The molecule has 10 heteroatoms. The fraction of sp³-hybridized carbons (Fsp3) is 0.263. The first-order valence-electron chi connectivity index (χ1n) is 8.75. The number of benzene rings is 2. The van der Waals surface area contributed by atoms with E-state index in [9.17, 15) is 26.8 Å². The number of sulfonamides is 1. The molecule has 154 valence electrons. The van der Waals surface area contributed by atoms with Crippen LogP contribution in [0.3, 0.4) is 0 Å². The van der Waals surface area contributed by atoms with Gasteiger partial charge in [-0.2, -0.15) is 0 Å². The van der Waals surface area contributed by atoms with E-state index in [2.05, 4.69) is 4.72 Å². The molecule has 0 bridgehead atoms. The molecule has 1 heterocycles. The number of anilines is 1. The first-order chi connectivity index (χ1) is 13.6. The summed E-state index contributed by atoms with van der Waals surface area (Å²) in [6, 6.07) is 8.81. The summed E-state index contributed by atoms with van der Waals surface area (Å²) in [5.74, 6) is -2.48. The number of hydrogen-bond acceptors (Lipinski definition) is 4. The van der Waals surface area contributed by atoms with Crippen LogP contribution < -0.4 is 4.72 Å². The number of rotatable bonds is 4. The number of carbonyl (C=O) groups excluding carboxylic acids is 2. The van der Waals surface area contributed by atoms with E-state index < -0.39 is 27.6 Å². The number of carbonyl (C=O) groups is 2. The number of hydrogen-bond donors (Lipinski definition) is 1. The third-order valence-electron chi connectivity index (χ3n) is 4.45. The summed E-state index contributed by atoms with van der Waals surface area (Å²) in [6.07, 6.45) is 1.03. The average molecular weight is 423 g/mol. The normalized spacial score (nSPS) is 14.6. The van der Waals surface area contributed by atoms with Crippen LogP contribution >= 0.6 is 0 Å². The largest absolute Gasteiger partial charge is 0.335 e. The molecule has 1 aliphatic rings. The van der Waals surface area contributed by atoms with Gasteiger partial charge in [0.2, 0.25) is 10.0 Å². The van der Waals surface area contributed by atoms with E-state index in [1.807, 2.05) is 0 Å². The van der Waals surface area contributed by atoms with Crippen LogP contribution in [0, 0.1) is 11.6 Å². The Morgan fingerprint density at radius 2 is 1.45 bits per heavy atom. The first kappa shape index (κ1) is 20.7. The standard InChI is InChI=1S/C19H19F2N3O4S/c1-29(27,28)22-15-5-2-13(3-6-15)18(25)23-8-10-24(11-9-23)19(26)16-7-4-14(20)12-17(16)21/h2-7,12,22H,8-11H2,1H3. The number of nitrogens with one attached hydrogen (secondary N) is 1. The van der Waals surface area contributed by atoms with Gasteiger partial charge in [0.25, 0.3) is 11.8 Å². The van der Waals surface area contributed by atoms with Gasteiger partial charge in [-0.25, -0.2) is 17.2 Å². The summed E-state index contributed by atoms with van der Waals surface area (Å²) >= 11 is 0. The topological polar surface area (TPSA) is 86.8 Å². The molecule has 29 heavy (non-hydrogen) atoms. The van der Waals surface area contributed by atoms with Gasteiger partial charge in [0.15, 0.2) is 0 Å². The number of nitrogens with zero attached hydrogens (tertiary/aromatic N) is 2. The van der Waals surface area contributed by atoms with Crippen LogP contribution in [-0.2, 0) is 10.0 Å². The molecule has 0 spiro atoms. The molecule has 1 fully saturated rings. The quantitative estimate of drug-likeness (QED) is 0.814. The lowest BCUT2D eigenvalue weighted by Gasteiger charge is -2.35. The van der Waals surface area contributed by atoms with Crippen molar-refractivity contribution in [2.24, 2.45) is 0 Å². The van der Waals surface area contributed by atoms with Crippen molar-refractivity contribution < 1.29 is 26.8 Å². The predicted molar refractivity (Wildman–Crippen MR) is 103 cm³/mol. The first-order valence-corrected chi connectivity index (χ1v) is 10.6. The zero-order valence-electron chi connectivity index (χ0n) is 15.6. The molecular weight excluding hydrogens is 404 g/mol. The summed E-state index contributed by atoms with van der Waals surface area (Å²) in [6.45, 7) is 0.956. The van der Waals surface area contributed by atoms with Crippen LogP contribution in [0.25, 0.3) is 0 Å². The molecular formula is C19H19F2N3O4S. The molecule has 3 rings (SSSR count). The van der Waals surface area contributed by atoms with Crippen LogP contribution in [0.4, 0.5) is 14.5 Å². The van der Waals surface area contributed by atoms with Crippen LogP contribution in [0.1, 0.15) is 20.7 Å². The number of amides is 2. The van der Waals surface area contributed by atoms with Gasteiger partial charge in [-0.15, -0.1) is 0 Å². The van der Waals surface area contributed by atoms with Crippen LogP contribution in [-0.4, -0.2) is 62.5 Å². The van der Waals surface area contributed by atoms with Crippen molar-refractivity contribution in [1.29, 1.82) is 0 Å². The third-order valence-corrected chi connectivity index (χ3v) is 5.06. The summed E-state index contributed by atoms with van der Waals surface area (Å²) in [5, 5.41) is 0. The van der Waals surface area contributed by atoms with E-state index in [1.54, 1.807) is 4.90 Å². The molecule has 7 nitrogen and oxygen atoms in total.